The number of halogens is 1. The van der Waals surface area contributed by atoms with Crippen LogP contribution in [0, 0.1) is 0 Å². The number of hydrogen-bond acceptors (Lipinski definition) is 5. The van der Waals surface area contributed by atoms with Crippen molar-refractivity contribution in [2.24, 2.45) is 0 Å². The molecule has 0 aliphatic rings. The molecule has 0 saturated carbocycles. The van der Waals surface area contributed by atoms with E-state index in [2.05, 4.69) is 60.3 Å². The normalized spacial score (nSPS) is 11.9. The summed E-state index contributed by atoms with van der Waals surface area (Å²) < 4.78 is 7.54. The summed E-state index contributed by atoms with van der Waals surface area (Å²) in [4.78, 5) is 0.739. The van der Waals surface area contributed by atoms with Gasteiger partial charge in [0.1, 0.15) is 12.4 Å². The second-order valence-electron chi connectivity index (χ2n) is 7.26. The van der Waals surface area contributed by atoms with E-state index in [-0.39, 0.29) is 5.41 Å². The number of nitrogens with zero attached hydrogens (tertiary/aromatic N) is 4. The predicted octanol–water partition coefficient (Wildman–Crippen LogP) is 5.38. The number of ether oxygens (including phenoxy) is 1. The van der Waals surface area contributed by atoms with Crippen molar-refractivity contribution >= 4 is 27.9 Å². The van der Waals surface area contributed by atoms with Crippen molar-refractivity contribution in [2.45, 2.75) is 32.8 Å². The highest BCUT2D eigenvalue weighted by molar-refractivity contribution is 7.16. The molecule has 0 unspecified atom stereocenters. The van der Waals surface area contributed by atoms with Gasteiger partial charge >= 0.3 is 0 Å². The lowest BCUT2D eigenvalue weighted by Crippen LogP contribution is -2.10. The van der Waals surface area contributed by atoms with Crippen molar-refractivity contribution in [3.63, 3.8) is 0 Å². The quantitative estimate of drug-likeness (QED) is 0.463. The van der Waals surface area contributed by atoms with Crippen molar-refractivity contribution in [2.75, 3.05) is 0 Å². The molecule has 0 atom stereocenters. The van der Waals surface area contributed by atoms with Gasteiger partial charge in [-0.1, -0.05) is 80.1 Å². The Morgan fingerprint density at radius 2 is 1.78 bits per heavy atom. The lowest BCUT2D eigenvalue weighted by molar-refractivity contribution is 0.304. The first-order chi connectivity index (χ1) is 12.9. The Morgan fingerprint density at radius 3 is 2.48 bits per heavy atom. The van der Waals surface area contributed by atoms with Crippen molar-refractivity contribution in [1.82, 2.24) is 19.8 Å². The van der Waals surface area contributed by atoms with E-state index in [4.69, 9.17) is 16.3 Å². The maximum Gasteiger partial charge on any atom is 0.235 e. The first-order valence-corrected chi connectivity index (χ1v) is 9.80. The first kappa shape index (κ1) is 17.9. The van der Waals surface area contributed by atoms with Crippen LogP contribution in [0.2, 0.25) is 5.02 Å². The monoisotopic (exact) mass is 398 g/mol. The van der Waals surface area contributed by atoms with Crippen LogP contribution in [0.5, 0.6) is 5.75 Å². The topological polar surface area (TPSA) is 52.3 Å². The lowest BCUT2D eigenvalue weighted by atomic mass is 9.87. The molecule has 0 saturated heterocycles. The maximum atomic E-state index is 6.13. The van der Waals surface area contributed by atoms with Gasteiger partial charge in [-0.05, 0) is 23.1 Å². The first-order valence-electron chi connectivity index (χ1n) is 8.61. The molecule has 2 heterocycles. The summed E-state index contributed by atoms with van der Waals surface area (Å²) in [5.74, 6) is 1.37. The van der Waals surface area contributed by atoms with E-state index in [1.54, 1.807) is 10.6 Å². The van der Waals surface area contributed by atoms with Gasteiger partial charge in [-0.25, -0.2) is 0 Å². The Morgan fingerprint density at radius 1 is 1.04 bits per heavy atom. The van der Waals surface area contributed by atoms with Crippen LogP contribution in [-0.4, -0.2) is 19.8 Å². The van der Waals surface area contributed by atoms with Crippen molar-refractivity contribution in [1.29, 1.82) is 0 Å². The number of para-hydroxylation sites is 1. The SMILES string of the molecule is CC(C)(C)c1ccc(-c2nnc3sc(COc4ccccc4Cl)nn23)cc1. The molecule has 2 aromatic heterocycles. The molecule has 4 aromatic rings. The Kier molecular flexibility index (Phi) is 4.61. The molecule has 5 nitrogen and oxygen atoms in total. The lowest BCUT2D eigenvalue weighted by Gasteiger charge is -2.18. The summed E-state index contributed by atoms with van der Waals surface area (Å²) in [6.07, 6.45) is 0. The van der Waals surface area contributed by atoms with E-state index in [0.717, 1.165) is 21.4 Å². The summed E-state index contributed by atoms with van der Waals surface area (Å²) >= 11 is 7.58. The smallest absolute Gasteiger partial charge is 0.235 e. The second kappa shape index (κ2) is 6.94. The van der Waals surface area contributed by atoms with Crippen LogP contribution in [0.15, 0.2) is 48.5 Å². The third-order valence-electron chi connectivity index (χ3n) is 4.23. The van der Waals surface area contributed by atoms with Gasteiger partial charge < -0.3 is 4.74 Å². The summed E-state index contributed by atoms with van der Waals surface area (Å²) in [7, 11) is 0. The number of fused-ring (bicyclic) bond motifs is 1. The number of benzene rings is 2. The highest BCUT2D eigenvalue weighted by Gasteiger charge is 2.16. The summed E-state index contributed by atoms with van der Waals surface area (Å²) in [6, 6.07) is 15.8. The molecule has 138 valence electrons. The van der Waals surface area contributed by atoms with Gasteiger partial charge in [-0.3, -0.25) is 0 Å². The second-order valence-corrected chi connectivity index (χ2v) is 8.71. The molecule has 0 aliphatic carbocycles. The van der Waals surface area contributed by atoms with Crippen LogP contribution in [-0.2, 0) is 12.0 Å². The van der Waals surface area contributed by atoms with Gasteiger partial charge in [0.15, 0.2) is 10.8 Å². The molecule has 0 aliphatic heterocycles. The van der Waals surface area contributed by atoms with E-state index in [1.807, 2.05) is 18.2 Å². The average molecular weight is 399 g/mol. The van der Waals surface area contributed by atoms with E-state index in [1.165, 1.54) is 16.9 Å². The summed E-state index contributed by atoms with van der Waals surface area (Å²) in [6.45, 7) is 6.93. The Hall–Kier alpha value is -2.44. The van der Waals surface area contributed by atoms with Crippen LogP contribution < -0.4 is 4.74 Å². The number of aromatic nitrogens is 4. The Labute approximate surface area is 166 Å². The van der Waals surface area contributed by atoms with E-state index in [0.29, 0.717) is 17.4 Å². The van der Waals surface area contributed by atoms with Gasteiger partial charge in [0.25, 0.3) is 0 Å². The zero-order chi connectivity index (χ0) is 19.0. The highest BCUT2D eigenvalue weighted by atomic mass is 35.5. The van der Waals surface area contributed by atoms with Gasteiger partial charge in [0.05, 0.1) is 5.02 Å². The van der Waals surface area contributed by atoms with Gasteiger partial charge in [-0.15, -0.1) is 10.2 Å². The summed E-state index contributed by atoms with van der Waals surface area (Å²) in [5, 5.41) is 14.5. The van der Waals surface area contributed by atoms with Crippen LogP contribution in [0.1, 0.15) is 31.3 Å². The average Bonchev–Trinajstić information content (AvgIpc) is 3.20. The fourth-order valence-corrected chi connectivity index (χ4v) is 3.65. The van der Waals surface area contributed by atoms with Gasteiger partial charge in [0, 0.05) is 5.56 Å². The molecule has 27 heavy (non-hydrogen) atoms. The number of hydrogen-bond donors (Lipinski definition) is 0. The predicted molar refractivity (Wildman–Crippen MR) is 109 cm³/mol. The molecule has 0 fully saturated rings. The molecular weight excluding hydrogens is 380 g/mol. The number of rotatable bonds is 4. The molecule has 0 N–H and O–H groups in total. The van der Waals surface area contributed by atoms with Crippen molar-refractivity contribution in [3.05, 3.63) is 64.1 Å². The fraction of sp³-hybridized carbons (Fsp3) is 0.250. The van der Waals surface area contributed by atoms with Gasteiger partial charge in [0.2, 0.25) is 4.96 Å². The molecule has 0 spiro atoms. The minimum absolute atomic E-state index is 0.114. The third kappa shape index (κ3) is 3.68. The molecule has 7 heteroatoms. The van der Waals surface area contributed by atoms with Crippen LogP contribution >= 0.6 is 22.9 Å². The molecule has 0 bridgehead atoms. The highest BCUT2D eigenvalue weighted by Crippen LogP contribution is 2.28. The van der Waals surface area contributed by atoms with Crippen molar-refractivity contribution < 1.29 is 4.74 Å². The van der Waals surface area contributed by atoms with Crippen LogP contribution in [0.25, 0.3) is 16.3 Å². The van der Waals surface area contributed by atoms with Gasteiger partial charge in [-0.2, -0.15) is 9.61 Å². The standard InChI is InChI=1S/C20H19ClN4OS/c1-20(2,3)14-10-8-13(9-11-14)18-22-23-19-25(18)24-17(27-19)12-26-16-7-5-4-6-15(16)21/h4-11H,12H2,1-3H3. The molecule has 4 rings (SSSR count). The molecule has 2 aromatic carbocycles. The molecule has 0 amide bonds. The minimum Gasteiger partial charge on any atom is -0.485 e. The van der Waals surface area contributed by atoms with E-state index < -0.39 is 0 Å². The van der Waals surface area contributed by atoms with Crippen LogP contribution in [0.3, 0.4) is 0 Å². The van der Waals surface area contributed by atoms with Crippen LogP contribution in [0.4, 0.5) is 0 Å². The van der Waals surface area contributed by atoms with E-state index >= 15 is 0 Å². The molecular formula is C20H19ClN4OS. The minimum atomic E-state index is 0.114. The third-order valence-corrected chi connectivity index (χ3v) is 5.41. The molecule has 0 radical (unpaired) electrons. The fourth-order valence-electron chi connectivity index (χ4n) is 2.72. The van der Waals surface area contributed by atoms with Crippen molar-refractivity contribution in [3.8, 4) is 17.1 Å². The maximum absolute atomic E-state index is 6.13. The largest absolute Gasteiger partial charge is 0.485 e. The zero-order valence-electron chi connectivity index (χ0n) is 15.3. The Balaban J connectivity index is 1.58. The summed E-state index contributed by atoms with van der Waals surface area (Å²) in [5.41, 5.74) is 2.38. The Bertz CT molecular complexity index is 1080. The van der Waals surface area contributed by atoms with E-state index in [9.17, 15) is 0 Å². The zero-order valence-corrected chi connectivity index (χ0v) is 16.9.